The van der Waals surface area contributed by atoms with Crippen molar-refractivity contribution in [2.45, 2.75) is 80.4 Å². The average Bonchev–Trinajstić information content (AvgIpc) is 3.14. The molecule has 0 aliphatic carbocycles. The summed E-state index contributed by atoms with van der Waals surface area (Å²) in [4.78, 5) is -0.192. The van der Waals surface area contributed by atoms with E-state index >= 15 is 0 Å². The third kappa shape index (κ3) is 7.85. The number of benzene rings is 4. The van der Waals surface area contributed by atoms with E-state index in [9.17, 15) is 13.0 Å². The van der Waals surface area contributed by atoms with Crippen LogP contribution in [0.1, 0.15) is 73.6 Å². The van der Waals surface area contributed by atoms with E-state index in [0.717, 1.165) is 80.2 Å². The third-order valence-corrected chi connectivity index (χ3v) is 10.5. The van der Waals surface area contributed by atoms with Gasteiger partial charge >= 0.3 is 0 Å². The van der Waals surface area contributed by atoms with Crippen LogP contribution < -0.4 is 14.2 Å². The minimum Gasteiger partial charge on any atom is -0.488 e. The van der Waals surface area contributed by atoms with E-state index in [1.165, 1.54) is 12.1 Å². The first-order valence-electron chi connectivity index (χ1n) is 17.6. The van der Waals surface area contributed by atoms with E-state index in [2.05, 4.69) is 6.07 Å². The lowest BCUT2D eigenvalue weighted by Gasteiger charge is -2.38. The summed E-state index contributed by atoms with van der Waals surface area (Å²) in [6.45, 7) is 2.57. The van der Waals surface area contributed by atoms with Crippen LogP contribution in [-0.2, 0) is 29.7 Å². The summed E-state index contributed by atoms with van der Waals surface area (Å²) in [5.74, 6) is 2.01. The van der Waals surface area contributed by atoms with Crippen molar-refractivity contribution >= 4 is 10.1 Å². The summed E-state index contributed by atoms with van der Waals surface area (Å²) in [6, 6.07) is 30.3. The first-order valence-corrected chi connectivity index (χ1v) is 19.0. The molecule has 7 rings (SSSR count). The zero-order valence-corrected chi connectivity index (χ0v) is 28.9. The van der Waals surface area contributed by atoms with Crippen LogP contribution in [0.25, 0.3) is 0 Å². The topological polar surface area (TPSA) is 110 Å². The zero-order valence-electron chi connectivity index (χ0n) is 28.1. The van der Waals surface area contributed by atoms with Crippen molar-refractivity contribution in [3.05, 3.63) is 119 Å². The maximum Gasteiger partial charge on any atom is 0.294 e. The van der Waals surface area contributed by atoms with E-state index < -0.39 is 15.5 Å². The Bertz CT molecular complexity index is 1670. The number of rotatable bonds is 11. The molecule has 9 nitrogen and oxygen atoms in total. The standard InChI is InChI=1S/C40H44O9S/c41-50(42,43)37-20-18-29(19-21-37)40(30-9-5-12-33(25-30)47-36-15-8-22-44-28-36,31-10-6-13-34(26-31)48-38-16-1-3-23-45-38)32-11-7-14-35(27-32)49-39-17-2-4-24-46-39/h5-7,9-14,18-21,25-27,36,38-39H,1-4,8,15-17,22-24,28H2,(H,41,42,43). The monoisotopic (exact) mass is 700 g/mol. The van der Waals surface area contributed by atoms with Gasteiger partial charge in [0.2, 0.25) is 0 Å². The third-order valence-electron chi connectivity index (χ3n) is 9.62. The molecule has 1 N–H and O–H groups in total. The highest BCUT2D eigenvalue weighted by Gasteiger charge is 2.40. The second kappa shape index (κ2) is 15.5. The fraction of sp³-hybridized carbons (Fsp3) is 0.400. The molecule has 3 aliphatic heterocycles. The van der Waals surface area contributed by atoms with Gasteiger partial charge in [-0.15, -0.1) is 0 Å². The van der Waals surface area contributed by atoms with Crippen LogP contribution in [0.15, 0.2) is 102 Å². The summed E-state index contributed by atoms with van der Waals surface area (Å²) in [7, 11) is -4.43. The van der Waals surface area contributed by atoms with Crippen LogP contribution in [0.5, 0.6) is 17.2 Å². The SMILES string of the molecule is O=S(=O)(O)c1ccc(C(c2cccc(OC3CCCOC3)c2)(c2cccc(OC3CCCCO3)c2)c2cccc(OC3CCCCO3)c2)cc1. The Morgan fingerprint density at radius 1 is 0.580 bits per heavy atom. The molecular weight excluding hydrogens is 656 g/mol. The molecule has 10 heteroatoms. The highest BCUT2D eigenvalue weighted by molar-refractivity contribution is 7.85. The smallest absolute Gasteiger partial charge is 0.294 e. The van der Waals surface area contributed by atoms with Gasteiger partial charge in [-0.3, -0.25) is 4.55 Å². The lowest BCUT2D eigenvalue weighted by atomic mass is 9.65. The Morgan fingerprint density at radius 2 is 1.10 bits per heavy atom. The first kappa shape index (κ1) is 34.5. The molecule has 3 saturated heterocycles. The fourth-order valence-corrected chi connectivity index (χ4v) is 7.67. The van der Waals surface area contributed by atoms with Gasteiger partial charge in [0, 0.05) is 19.4 Å². The molecule has 4 aromatic rings. The molecule has 0 saturated carbocycles. The van der Waals surface area contributed by atoms with Crippen LogP contribution >= 0.6 is 0 Å². The normalized spacial score (nSPS) is 22.6. The van der Waals surface area contributed by atoms with Crippen molar-refractivity contribution in [1.82, 2.24) is 0 Å². The zero-order chi connectivity index (χ0) is 34.4. The van der Waals surface area contributed by atoms with Gasteiger partial charge in [0.15, 0.2) is 12.6 Å². The van der Waals surface area contributed by atoms with Crippen molar-refractivity contribution < 1.29 is 41.4 Å². The molecule has 0 bridgehead atoms. The quantitative estimate of drug-likeness (QED) is 0.124. The summed E-state index contributed by atoms with van der Waals surface area (Å²) in [5, 5.41) is 0. The van der Waals surface area contributed by atoms with Crippen LogP contribution in [0.3, 0.4) is 0 Å². The van der Waals surface area contributed by atoms with Crippen LogP contribution in [0, 0.1) is 0 Å². The van der Waals surface area contributed by atoms with Crippen molar-refractivity contribution in [2.75, 3.05) is 26.4 Å². The molecular formula is C40H44O9S. The summed E-state index contributed by atoms with van der Waals surface area (Å²) < 4.78 is 71.1. The van der Waals surface area contributed by atoms with Crippen LogP contribution in [-0.4, -0.2) is 58.1 Å². The number of hydrogen-bond donors (Lipinski definition) is 1. The molecule has 0 amide bonds. The molecule has 0 spiro atoms. The lowest BCUT2D eigenvalue weighted by Crippen LogP contribution is -2.32. The lowest BCUT2D eigenvalue weighted by molar-refractivity contribution is -0.106. The van der Waals surface area contributed by atoms with Crippen molar-refractivity contribution in [3.63, 3.8) is 0 Å². The molecule has 0 aromatic heterocycles. The van der Waals surface area contributed by atoms with Gasteiger partial charge in [-0.2, -0.15) is 8.42 Å². The average molecular weight is 701 g/mol. The van der Waals surface area contributed by atoms with Crippen molar-refractivity contribution in [1.29, 1.82) is 0 Å². The van der Waals surface area contributed by atoms with Gasteiger partial charge in [0.25, 0.3) is 10.1 Å². The molecule has 3 fully saturated rings. The van der Waals surface area contributed by atoms with E-state index in [4.69, 9.17) is 28.4 Å². The molecule has 3 aliphatic rings. The highest BCUT2D eigenvalue weighted by Crippen LogP contribution is 2.48. The molecule has 4 aromatic carbocycles. The van der Waals surface area contributed by atoms with Gasteiger partial charge in [0.1, 0.15) is 23.4 Å². The maximum atomic E-state index is 12.2. The molecule has 3 atom stereocenters. The number of hydrogen-bond acceptors (Lipinski definition) is 8. The van der Waals surface area contributed by atoms with Gasteiger partial charge in [-0.1, -0.05) is 48.5 Å². The molecule has 264 valence electrons. The van der Waals surface area contributed by atoms with Gasteiger partial charge < -0.3 is 28.4 Å². The van der Waals surface area contributed by atoms with Crippen LogP contribution in [0.4, 0.5) is 0 Å². The predicted octanol–water partition coefficient (Wildman–Crippen LogP) is 7.68. The Hall–Kier alpha value is -3.93. The highest BCUT2D eigenvalue weighted by atomic mass is 32.2. The van der Waals surface area contributed by atoms with E-state index in [1.54, 1.807) is 12.1 Å². The Balaban J connectivity index is 1.41. The second-order valence-electron chi connectivity index (χ2n) is 13.1. The van der Waals surface area contributed by atoms with E-state index in [-0.39, 0.29) is 23.6 Å². The Kier molecular flexibility index (Phi) is 10.7. The maximum absolute atomic E-state index is 12.2. The number of ether oxygens (including phenoxy) is 6. The van der Waals surface area contributed by atoms with Gasteiger partial charge in [0.05, 0.1) is 30.1 Å². The summed E-state index contributed by atoms with van der Waals surface area (Å²) in [5.41, 5.74) is 2.35. The summed E-state index contributed by atoms with van der Waals surface area (Å²) >= 11 is 0. The van der Waals surface area contributed by atoms with Crippen LogP contribution in [0.2, 0.25) is 0 Å². The largest absolute Gasteiger partial charge is 0.488 e. The van der Waals surface area contributed by atoms with E-state index in [0.29, 0.717) is 37.1 Å². The minimum absolute atomic E-state index is 0.0677. The second-order valence-corrected chi connectivity index (χ2v) is 14.5. The summed E-state index contributed by atoms with van der Waals surface area (Å²) in [6.07, 6.45) is 6.78. The molecule has 3 unspecified atom stereocenters. The molecule has 50 heavy (non-hydrogen) atoms. The fourth-order valence-electron chi connectivity index (χ4n) is 7.19. The molecule has 3 heterocycles. The van der Waals surface area contributed by atoms with Gasteiger partial charge in [-0.25, -0.2) is 0 Å². The van der Waals surface area contributed by atoms with Crippen molar-refractivity contribution in [3.8, 4) is 17.2 Å². The molecule has 0 radical (unpaired) electrons. The Labute approximate surface area is 294 Å². The predicted molar refractivity (Wildman–Crippen MR) is 187 cm³/mol. The minimum atomic E-state index is -4.43. The van der Waals surface area contributed by atoms with Gasteiger partial charge in [-0.05, 0) is 109 Å². The Morgan fingerprint density at radius 3 is 1.54 bits per heavy atom. The first-order chi connectivity index (χ1) is 24.4. The van der Waals surface area contributed by atoms with E-state index in [1.807, 2.05) is 66.7 Å². The van der Waals surface area contributed by atoms with Crippen molar-refractivity contribution in [2.24, 2.45) is 0 Å².